The number of carbonyl (C=O) groups excluding carboxylic acids is 1. The van der Waals surface area contributed by atoms with Crippen molar-refractivity contribution in [3.63, 3.8) is 0 Å². The number of aromatic nitrogens is 1. The van der Waals surface area contributed by atoms with Crippen molar-refractivity contribution in [2.24, 2.45) is 0 Å². The lowest BCUT2D eigenvalue weighted by atomic mass is 9.79. The Hall–Kier alpha value is -2.59. The standard InChI is InChI=1S/C25H24ClNO3/c26-19-10-11-21-20(14-19)25(29)24-22(27(21)30)12-18(13-23(24)28)17-8-6-16(7-9-17)15-4-2-1-3-5-15/h6-11,14-15,18,30H,1-5,12-13H2. The van der Waals surface area contributed by atoms with E-state index in [9.17, 15) is 14.8 Å². The van der Waals surface area contributed by atoms with Gasteiger partial charge in [-0.1, -0.05) is 55.1 Å². The minimum Gasteiger partial charge on any atom is -0.428 e. The van der Waals surface area contributed by atoms with Crippen LogP contribution in [0.1, 0.15) is 77.5 Å². The molecule has 0 spiro atoms. The molecule has 2 aliphatic carbocycles. The Labute approximate surface area is 180 Å². The van der Waals surface area contributed by atoms with Gasteiger partial charge in [0.05, 0.1) is 22.2 Å². The Balaban J connectivity index is 1.50. The van der Waals surface area contributed by atoms with Crippen LogP contribution >= 0.6 is 11.6 Å². The van der Waals surface area contributed by atoms with Crippen molar-refractivity contribution in [2.75, 3.05) is 0 Å². The molecule has 2 aliphatic rings. The summed E-state index contributed by atoms with van der Waals surface area (Å²) >= 11 is 6.02. The molecule has 1 aromatic heterocycles. The second kappa shape index (κ2) is 7.59. The van der Waals surface area contributed by atoms with Gasteiger partial charge in [0.2, 0.25) is 5.43 Å². The molecule has 0 aliphatic heterocycles. The summed E-state index contributed by atoms with van der Waals surface area (Å²) in [7, 11) is 0. The van der Waals surface area contributed by atoms with E-state index in [0.29, 0.717) is 28.6 Å². The predicted octanol–water partition coefficient (Wildman–Crippen LogP) is 5.85. The zero-order chi connectivity index (χ0) is 20.8. The van der Waals surface area contributed by atoms with Gasteiger partial charge in [-0.25, -0.2) is 0 Å². The summed E-state index contributed by atoms with van der Waals surface area (Å²) in [5.74, 6) is 0.377. The Kier molecular flexibility index (Phi) is 4.90. The number of Topliss-reactive ketones (excluding diaryl/α,β-unsaturated/α-hetero) is 1. The van der Waals surface area contributed by atoms with Crippen LogP contribution in [0.15, 0.2) is 47.3 Å². The average Bonchev–Trinajstić information content (AvgIpc) is 2.77. The number of halogens is 1. The van der Waals surface area contributed by atoms with Crippen molar-refractivity contribution in [1.82, 2.24) is 4.73 Å². The van der Waals surface area contributed by atoms with Crippen LogP contribution in [0.2, 0.25) is 5.02 Å². The lowest BCUT2D eigenvalue weighted by Crippen LogP contribution is -2.30. The second-order valence-electron chi connectivity index (χ2n) is 8.65. The molecule has 1 atom stereocenters. The number of pyridine rings is 1. The third kappa shape index (κ3) is 3.24. The SMILES string of the molecule is O=C1CC(c2ccc(C3CCCCC3)cc2)Cc2c1c(=O)c1cc(Cl)ccc1n2O. The van der Waals surface area contributed by atoms with Crippen LogP contribution in [0.4, 0.5) is 0 Å². The van der Waals surface area contributed by atoms with Crippen LogP contribution < -0.4 is 5.43 Å². The topological polar surface area (TPSA) is 59.3 Å². The van der Waals surface area contributed by atoms with Crippen LogP contribution in [0.25, 0.3) is 10.9 Å². The summed E-state index contributed by atoms with van der Waals surface area (Å²) in [6.07, 6.45) is 7.17. The van der Waals surface area contributed by atoms with Crippen LogP contribution in [-0.4, -0.2) is 15.7 Å². The number of hydrogen-bond acceptors (Lipinski definition) is 3. The van der Waals surface area contributed by atoms with E-state index in [4.69, 9.17) is 11.6 Å². The molecule has 4 nitrogen and oxygen atoms in total. The van der Waals surface area contributed by atoms with Gasteiger partial charge in [-0.2, -0.15) is 4.73 Å². The molecule has 1 heterocycles. The third-order valence-electron chi connectivity index (χ3n) is 6.84. The maximum Gasteiger partial charge on any atom is 0.200 e. The number of fused-ring (bicyclic) bond motifs is 2. The van der Waals surface area contributed by atoms with Gasteiger partial charge in [0, 0.05) is 11.4 Å². The molecule has 2 aromatic carbocycles. The van der Waals surface area contributed by atoms with Gasteiger partial charge < -0.3 is 5.21 Å². The first kappa shape index (κ1) is 19.4. The van der Waals surface area contributed by atoms with Crippen molar-refractivity contribution in [2.45, 2.75) is 56.8 Å². The van der Waals surface area contributed by atoms with E-state index in [1.54, 1.807) is 12.1 Å². The molecule has 1 fully saturated rings. The molecule has 1 unspecified atom stereocenters. The van der Waals surface area contributed by atoms with E-state index in [1.807, 2.05) is 0 Å². The number of benzene rings is 2. The summed E-state index contributed by atoms with van der Waals surface area (Å²) in [5.41, 5.74) is 2.99. The van der Waals surface area contributed by atoms with Gasteiger partial charge in [0.15, 0.2) is 5.78 Å². The molecule has 0 bridgehead atoms. The summed E-state index contributed by atoms with van der Waals surface area (Å²) in [4.78, 5) is 25.9. The average molecular weight is 422 g/mol. The summed E-state index contributed by atoms with van der Waals surface area (Å²) in [6, 6.07) is 13.4. The largest absolute Gasteiger partial charge is 0.428 e. The normalized spacial score (nSPS) is 19.8. The molecule has 1 N–H and O–H groups in total. The van der Waals surface area contributed by atoms with Crippen molar-refractivity contribution >= 4 is 28.3 Å². The van der Waals surface area contributed by atoms with Gasteiger partial charge in [-0.05, 0) is 60.4 Å². The van der Waals surface area contributed by atoms with Gasteiger partial charge >= 0.3 is 0 Å². The molecule has 30 heavy (non-hydrogen) atoms. The minimum absolute atomic E-state index is 0.0482. The highest BCUT2D eigenvalue weighted by Crippen LogP contribution is 2.36. The van der Waals surface area contributed by atoms with E-state index < -0.39 is 0 Å². The van der Waals surface area contributed by atoms with E-state index >= 15 is 0 Å². The first-order valence-electron chi connectivity index (χ1n) is 10.7. The first-order valence-corrected chi connectivity index (χ1v) is 11.1. The van der Waals surface area contributed by atoms with Crippen LogP contribution in [0.3, 0.4) is 0 Å². The van der Waals surface area contributed by atoms with E-state index in [0.717, 1.165) is 10.3 Å². The van der Waals surface area contributed by atoms with Crippen LogP contribution in [-0.2, 0) is 6.42 Å². The number of hydrogen-bond donors (Lipinski definition) is 1. The maximum atomic E-state index is 12.9. The fraction of sp³-hybridized carbons (Fsp3) is 0.360. The number of carbonyl (C=O) groups is 1. The monoisotopic (exact) mass is 421 g/mol. The fourth-order valence-corrected chi connectivity index (χ4v) is 5.38. The van der Waals surface area contributed by atoms with Crippen molar-refractivity contribution < 1.29 is 10.0 Å². The molecule has 5 rings (SSSR count). The van der Waals surface area contributed by atoms with Crippen molar-refractivity contribution in [3.8, 4) is 0 Å². The molecule has 154 valence electrons. The molecule has 0 saturated heterocycles. The third-order valence-corrected chi connectivity index (χ3v) is 7.07. The number of ketones is 1. The number of rotatable bonds is 2. The zero-order valence-electron chi connectivity index (χ0n) is 16.7. The number of nitrogens with zero attached hydrogens (tertiary/aromatic N) is 1. The highest BCUT2D eigenvalue weighted by atomic mass is 35.5. The molecular formula is C25H24ClNO3. The summed E-state index contributed by atoms with van der Waals surface area (Å²) < 4.78 is 1.00. The molecular weight excluding hydrogens is 398 g/mol. The van der Waals surface area contributed by atoms with Crippen LogP contribution in [0, 0.1) is 0 Å². The summed E-state index contributed by atoms with van der Waals surface area (Å²) in [6.45, 7) is 0. The zero-order valence-corrected chi connectivity index (χ0v) is 17.5. The van der Waals surface area contributed by atoms with Crippen LogP contribution in [0.5, 0.6) is 0 Å². The highest BCUT2D eigenvalue weighted by molar-refractivity contribution is 6.31. The lowest BCUT2D eigenvalue weighted by molar-refractivity contribution is 0.0949. The minimum atomic E-state index is -0.344. The molecule has 3 aromatic rings. The highest BCUT2D eigenvalue weighted by Gasteiger charge is 2.32. The van der Waals surface area contributed by atoms with Gasteiger partial charge in [-0.15, -0.1) is 0 Å². The molecule has 5 heteroatoms. The molecule has 0 amide bonds. The fourth-order valence-electron chi connectivity index (χ4n) is 5.21. The molecule has 0 radical (unpaired) electrons. The molecule has 1 saturated carbocycles. The Morgan fingerprint density at radius 2 is 1.53 bits per heavy atom. The smallest absolute Gasteiger partial charge is 0.200 e. The predicted molar refractivity (Wildman–Crippen MR) is 118 cm³/mol. The van der Waals surface area contributed by atoms with Crippen molar-refractivity contribution in [3.05, 3.63) is 80.1 Å². The second-order valence-corrected chi connectivity index (χ2v) is 9.09. The van der Waals surface area contributed by atoms with Gasteiger partial charge in [0.1, 0.15) is 0 Å². The van der Waals surface area contributed by atoms with Gasteiger partial charge in [-0.3, -0.25) is 9.59 Å². The quantitative estimate of drug-likeness (QED) is 0.528. The van der Waals surface area contributed by atoms with Crippen molar-refractivity contribution in [1.29, 1.82) is 0 Å². The van der Waals surface area contributed by atoms with E-state index in [-0.39, 0.29) is 34.5 Å². The Bertz CT molecular complexity index is 1190. The first-order chi connectivity index (χ1) is 14.5. The Morgan fingerprint density at radius 3 is 2.23 bits per heavy atom. The van der Waals surface area contributed by atoms with Gasteiger partial charge in [0.25, 0.3) is 0 Å². The maximum absolute atomic E-state index is 12.9. The Morgan fingerprint density at radius 1 is 0.867 bits per heavy atom. The summed E-state index contributed by atoms with van der Waals surface area (Å²) in [5, 5.41) is 11.5. The lowest BCUT2D eigenvalue weighted by Gasteiger charge is -2.26. The van der Waals surface area contributed by atoms with E-state index in [2.05, 4.69) is 24.3 Å². The van der Waals surface area contributed by atoms with E-state index in [1.165, 1.54) is 43.7 Å².